The van der Waals surface area contributed by atoms with Crippen molar-refractivity contribution in [1.82, 2.24) is 9.88 Å². The molecule has 0 amide bonds. The summed E-state index contributed by atoms with van der Waals surface area (Å²) in [7, 11) is -0.870. The van der Waals surface area contributed by atoms with Gasteiger partial charge in [0.1, 0.15) is 5.82 Å². The molecule has 5 nitrogen and oxygen atoms in total. The van der Waals surface area contributed by atoms with Crippen molar-refractivity contribution in [3.63, 3.8) is 0 Å². The molecule has 1 aliphatic heterocycles. The van der Waals surface area contributed by atoms with Crippen LogP contribution in [-0.4, -0.2) is 42.9 Å². The van der Waals surface area contributed by atoms with Gasteiger partial charge in [-0.3, -0.25) is 4.90 Å². The molecule has 2 rings (SSSR count). The first kappa shape index (κ1) is 12.3. The normalized spacial score (nSPS) is 23.1. The quantitative estimate of drug-likeness (QED) is 0.839. The Balaban J connectivity index is 1.98. The Morgan fingerprint density at radius 2 is 2.29 bits per heavy atom. The van der Waals surface area contributed by atoms with Crippen LogP contribution in [0.3, 0.4) is 0 Å². The molecule has 2 heterocycles. The summed E-state index contributed by atoms with van der Waals surface area (Å²) in [5.74, 6) is 1.08. The van der Waals surface area contributed by atoms with Crippen LogP contribution >= 0.6 is 0 Å². The molecule has 6 heteroatoms. The number of rotatable bonds is 3. The maximum absolute atomic E-state index is 11.4. The van der Waals surface area contributed by atoms with E-state index >= 15 is 0 Å². The Morgan fingerprint density at radius 1 is 1.53 bits per heavy atom. The predicted octanol–water partition coefficient (Wildman–Crippen LogP) is 0.283. The van der Waals surface area contributed by atoms with E-state index in [1.165, 1.54) is 0 Å². The second-order valence-corrected chi connectivity index (χ2v) is 6.79. The maximum atomic E-state index is 11.4. The van der Waals surface area contributed by atoms with E-state index in [-0.39, 0.29) is 11.8 Å². The first-order valence-electron chi connectivity index (χ1n) is 5.57. The number of sulfone groups is 1. The van der Waals surface area contributed by atoms with Crippen LogP contribution in [0.15, 0.2) is 18.3 Å². The van der Waals surface area contributed by atoms with Crippen molar-refractivity contribution in [2.75, 3.05) is 24.3 Å². The number of hydrogen-bond donors (Lipinski definition) is 1. The first-order valence-corrected chi connectivity index (χ1v) is 7.39. The van der Waals surface area contributed by atoms with Gasteiger partial charge >= 0.3 is 0 Å². The van der Waals surface area contributed by atoms with E-state index in [9.17, 15) is 8.42 Å². The van der Waals surface area contributed by atoms with Crippen LogP contribution in [0.1, 0.15) is 12.0 Å². The zero-order valence-corrected chi connectivity index (χ0v) is 10.7. The van der Waals surface area contributed by atoms with Gasteiger partial charge in [-0.25, -0.2) is 13.4 Å². The molecule has 0 aliphatic carbocycles. The molecule has 1 aromatic rings. The summed E-state index contributed by atoms with van der Waals surface area (Å²) >= 11 is 0. The van der Waals surface area contributed by atoms with Gasteiger partial charge in [0.05, 0.1) is 11.5 Å². The highest BCUT2D eigenvalue weighted by Crippen LogP contribution is 2.18. The van der Waals surface area contributed by atoms with Crippen LogP contribution in [-0.2, 0) is 16.4 Å². The standard InChI is InChI=1S/C11H17N3O2S/c1-14(10-4-5-17(15,16)8-10)7-9-2-3-11(12)13-6-9/h2-3,6,10H,4-5,7-8H2,1H3,(H2,12,13). The van der Waals surface area contributed by atoms with E-state index in [1.54, 1.807) is 12.3 Å². The summed E-state index contributed by atoms with van der Waals surface area (Å²) in [4.78, 5) is 6.09. The largest absolute Gasteiger partial charge is 0.384 e. The van der Waals surface area contributed by atoms with E-state index in [0.717, 1.165) is 12.0 Å². The molecule has 0 saturated carbocycles. The monoisotopic (exact) mass is 255 g/mol. The van der Waals surface area contributed by atoms with E-state index in [1.807, 2.05) is 13.1 Å². The summed E-state index contributed by atoms with van der Waals surface area (Å²) in [6, 6.07) is 3.80. The van der Waals surface area contributed by atoms with Gasteiger partial charge in [-0.05, 0) is 25.1 Å². The van der Waals surface area contributed by atoms with Crippen LogP contribution in [0.25, 0.3) is 0 Å². The molecule has 17 heavy (non-hydrogen) atoms. The lowest BCUT2D eigenvalue weighted by molar-refractivity contribution is 0.253. The Morgan fingerprint density at radius 3 is 2.82 bits per heavy atom. The minimum absolute atomic E-state index is 0.123. The van der Waals surface area contributed by atoms with Gasteiger partial charge in [-0.1, -0.05) is 6.07 Å². The van der Waals surface area contributed by atoms with Crippen molar-refractivity contribution in [2.45, 2.75) is 19.0 Å². The summed E-state index contributed by atoms with van der Waals surface area (Å²) in [6.07, 6.45) is 2.45. The SMILES string of the molecule is CN(Cc1ccc(N)nc1)C1CCS(=O)(=O)C1. The molecule has 2 N–H and O–H groups in total. The minimum atomic E-state index is -2.82. The lowest BCUT2D eigenvalue weighted by Crippen LogP contribution is -2.32. The molecule has 0 bridgehead atoms. The molecule has 94 valence electrons. The average Bonchev–Trinajstić information content (AvgIpc) is 2.62. The Hall–Kier alpha value is -1.14. The number of anilines is 1. The van der Waals surface area contributed by atoms with Crippen molar-refractivity contribution >= 4 is 15.7 Å². The maximum Gasteiger partial charge on any atom is 0.151 e. The van der Waals surface area contributed by atoms with E-state index in [2.05, 4.69) is 9.88 Å². The van der Waals surface area contributed by atoms with Crippen LogP contribution in [0.4, 0.5) is 5.82 Å². The Kier molecular flexibility index (Phi) is 3.35. The minimum Gasteiger partial charge on any atom is -0.384 e. The van der Waals surface area contributed by atoms with Crippen LogP contribution in [0.2, 0.25) is 0 Å². The molecule has 1 unspecified atom stereocenters. The van der Waals surface area contributed by atoms with Gasteiger partial charge in [0.2, 0.25) is 0 Å². The molecule has 1 aromatic heterocycles. The summed E-state index contributed by atoms with van der Waals surface area (Å²) in [5, 5.41) is 0. The molecular formula is C11H17N3O2S. The van der Waals surface area contributed by atoms with Crippen molar-refractivity contribution in [2.24, 2.45) is 0 Å². The van der Waals surface area contributed by atoms with Gasteiger partial charge in [0.15, 0.2) is 9.84 Å². The smallest absolute Gasteiger partial charge is 0.151 e. The zero-order valence-electron chi connectivity index (χ0n) is 9.83. The van der Waals surface area contributed by atoms with Crippen molar-refractivity contribution < 1.29 is 8.42 Å². The zero-order chi connectivity index (χ0) is 12.5. The van der Waals surface area contributed by atoms with Gasteiger partial charge in [0, 0.05) is 18.8 Å². The Bertz CT molecular complexity index is 484. The fourth-order valence-corrected chi connectivity index (χ4v) is 3.87. The molecule has 1 fully saturated rings. The molecule has 0 aromatic carbocycles. The van der Waals surface area contributed by atoms with Crippen LogP contribution in [0, 0.1) is 0 Å². The van der Waals surface area contributed by atoms with Crippen LogP contribution < -0.4 is 5.73 Å². The van der Waals surface area contributed by atoms with Gasteiger partial charge in [-0.15, -0.1) is 0 Å². The fourth-order valence-electron chi connectivity index (χ4n) is 2.07. The lowest BCUT2D eigenvalue weighted by Gasteiger charge is -2.22. The number of hydrogen-bond acceptors (Lipinski definition) is 5. The molecule has 0 spiro atoms. The highest BCUT2D eigenvalue weighted by atomic mass is 32.2. The summed E-state index contributed by atoms with van der Waals surface area (Å²) in [6.45, 7) is 0.702. The van der Waals surface area contributed by atoms with Gasteiger partial charge in [0.25, 0.3) is 0 Å². The summed E-state index contributed by atoms with van der Waals surface area (Å²) in [5.41, 5.74) is 6.56. The van der Waals surface area contributed by atoms with Gasteiger partial charge < -0.3 is 5.73 Å². The lowest BCUT2D eigenvalue weighted by atomic mass is 10.2. The molecule has 1 saturated heterocycles. The second-order valence-electron chi connectivity index (χ2n) is 4.56. The first-order chi connectivity index (χ1) is 7.96. The average molecular weight is 255 g/mol. The topological polar surface area (TPSA) is 76.3 Å². The molecule has 1 aliphatic rings. The highest BCUT2D eigenvalue weighted by molar-refractivity contribution is 7.91. The van der Waals surface area contributed by atoms with E-state index in [4.69, 9.17) is 5.73 Å². The highest BCUT2D eigenvalue weighted by Gasteiger charge is 2.30. The number of nitrogen functional groups attached to an aromatic ring is 1. The number of nitrogens with zero attached hydrogens (tertiary/aromatic N) is 2. The van der Waals surface area contributed by atoms with Crippen molar-refractivity contribution in [1.29, 1.82) is 0 Å². The number of pyridine rings is 1. The van der Waals surface area contributed by atoms with E-state index in [0.29, 0.717) is 18.1 Å². The van der Waals surface area contributed by atoms with Crippen LogP contribution in [0.5, 0.6) is 0 Å². The predicted molar refractivity (Wildman–Crippen MR) is 67.2 cm³/mol. The van der Waals surface area contributed by atoms with Crippen molar-refractivity contribution in [3.8, 4) is 0 Å². The third-order valence-electron chi connectivity index (χ3n) is 3.11. The fraction of sp³-hybridized carbons (Fsp3) is 0.545. The number of nitrogens with two attached hydrogens (primary N) is 1. The molecular weight excluding hydrogens is 238 g/mol. The summed E-state index contributed by atoms with van der Waals surface area (Å²) < 4.78 is 22.8. The Labute approximate surface area is 102 Å². The van der Waals surface area contributed by atoms with Gasteiger partial charge in [-0.2, -0.15) is 0 Å². The molecule has 0 radical (unpaired) electrons. The third kappa shape index (κ3) is 3.17. The molecule has 1 atom stereocenters. The van der Waals surface area contributed by atoms with E-state index < -0.39 is 9.84 Å². The number of aromatic nitrogens is 1. The third-order valence-corrected chi connectivity index (χ3v) is 4.86. The second kappa shape index (κ2) is 4.62. The van der Waals surface area contributed by atoms with Crippen molar-refractivity contribution in [3.05, 3.63) is 23.9 Å².